The predicted octanol–water partition coefficient (Wildman–Crippen LogP) is 2.79. The SMILES string of the molecule is CN(Cc1ccoc1)C(=O)c1cc(N)ccc1Cl. The van der Waals surface area contributed by atoms with Gasteiger partial charge in [0.15, 0.2) is 0 Å². The second-order valence-corrected chi connectivity index (χ2v) is 4.44. The average Bonchev–Trinajstić information content (AvgIpc) is 2.84. The van der Waals surface area contributed by atoms with Crippen LogP contribution in [0.2, 0.25) is 5.02 Å². The van der Waals surface area contributed by atoms with Crippen LogP contribution in [0.15, 0.2) is 41.2 Å². The smallest absolute Gasteiger partial charge is 0.255 e. The van der Waals surface area contributed by atoms with Gasteiger partial charge in [0.1, 0.15) is 0 Å². The molecule has 2 aromatic rings. The summed E-state index contributed by atoms with van der Waals surface area (Å²) in [4.78, 5) is 13.8. The van der Waals surface area contributed by atoms with Crippen molar-refractivity contribution in [1.29, 1.82) is 0 Å². The number of carbonyl (C=O) groups is 1. The van der Waals surface area contributed by atoms with Crippen LogP contribution in [0, 0.1) is 0 Å². The highest BCUT2D eigenvalue weighted by Crippen LogP contribution is 2.21. The normalized spacial score (nSPS) is 10.3. The number of furan rings is 1. The minimum absolute atomic E-state index is 0.173. The summed E-state index contributed by atoms with van der Waals surface area (Å²) < 4.78 is 4.96. The fourth-order valence-electron chi connectivity index (χ4n) is 1.64. The van der Waals surface area contributed by atoms with Crippen LogP contribution >= 0.6 is 11.6 Å². The lowest BCUT2D eigenvalue weighted by molar-refractivity contribution is 0.0785. The van der Waals surface area contributed by atoms with Crippen molar-refractivity contribution in [3.63, 3.8) is 0 Å². The molecule has 0 aliphatic carbocycles. The van der Waals surface area contributed by atoms with Crippen LogP contribution in [0.5, 0.6) is 0 Å². The van der Waals surface area contributed by atoms with Crippen LogP contribution < -0.4 is 5.73 Å². The van der Waals surface area contributed by atoms with Crippen molar-refractivity contribution in [3.8, 4) is 0 Å². The maximum atomic E-state index is 12.2. The Bertz CT molecular complexity index is 552. The molecule has 0 saturated carbocycles. The minimum atomic E-state index is -0.173. The molecular weight excluding hydrogens is 252 g/mol. The molecule has 0 aliphatic rings. The Morgan fingerprint density at radius 2 is 2.22 bits per heavy atom. The number of nitrogens with zero attached hydrogens (tertiary/aromatic N) is 1. The largest absolute Gasteiger partial charge is 0.472 e. The standard InChI is InChI=1S/C13H13ClN2O2/c1-16(7-9-4-5-18-8-9)13(17)11-6-10(15)2-3-12(11)14/h2-6,8H,7,15H2,1H3. The second-order valence-electron chi connectivity index (χ2n) is 4.03. The molecule has 5 heteroatoms. The number of rotatable bonds is 3. The quantitative estimate of drug-likeness (QED) is 0.867. The lowest BCUT2D eigenvalue weighted by atomic mass is 10.1. The topological polar surface area (TPSA) is 59.5 Å². The molecule has 1 heterocycles. The lowest BCUT2D eigenvalue weighted by Crippen LogP contribution is -2.26. The second kappa shape index (κ2) is 5.14. The third kappa shape index (κ3) is 2.65. The van der Waals surface area contributed by atoms with Crippen molar-refractivity contribution in [2.75, 3.05) is 12.8 Å². The van der Waals surface area contributed by atoms with E-state index in [1.807, 2.05) is 6.07 Å². The highest BCUT2D eigenvalue weighted by atomic mass is 35.5. The van der Waals surface area contributed by atoms with Gasteiger partial charge in [0.2, 0.25) is 0 Å². The summed E-state index contributed by atoms with van der Waals surface area (Å²) in [5.74, 6) is -0.173. The molecule has 0 aliphatic heterocycles. The fraction of sp³-hybridized carbons (Fsp3) is 0.154. The molecule has 2 rings (SSSR count). The number of halogens is 1. The molecule has 18 heavy (non-hydrogen) atoms. The highest BCUT2D eigenvalue weighted by molar-refractivity contribution is 6.33. The average molecular weight is 265 g/mol. The van der Waals surface area contributed by atoms with E-state index in [1.54, 1.807) is 42.7 Å². The molecule has 4 nitrogen and oxygen atoms in total. The van der Waals surface area contributed by atoms with Crippen molar-refractivity contribution in [2.45, 2.75) is 6.54 Å². The molecule has 0 bridgehead atoms. The Labute approximate surface area is 110 Å². The van der Waals surface area contributed by atoms with Gasteiger partial charge in [-0.3, -0.25) is 4.79 Å². The van der Waals surface area contributed by atoms with Gasteiger partial charge in [0.05, 0.1) is 23.1 Å². The number of hydrogen-bond acceptors (Lipinski definition) is 3. The molecule has 0 spiro atoms. The molecule has 0 atom stereocenters. The molecule has 1 aromatic heterocycles. The molecule has 0 radical (unpaired) electrons. The van der Waals surface area contributed by atoms with Gasteiger partial charge in [-0.1, -0.05) is 11.6 Å². The van der Waals surface area contributed by atoms with Gasteiger partial charge >= 0.3 is 0 Å². The summed E-state index contributed by atoms with van der Waals surface area (Å²) >= 11 is 6.00. The zero-order chi connectivity index (χ0) is 13.1. The number of hydrogen-bond donors (Lipinski definition) is 1. The Kier molecular flexibility index (Phi) is 3.58. The zero-order valence-electron chi connectivity index (χ0n) is 9.89. The van der Waals surface area contributed by atoms with E-state index in [-0.39, 0.29) is 5.91 Å². The van der Waals surface area contributed by atoms with E-state index in [9.17, 15) is 4.79 Å². The van der Waals surface area contributed by atoms with E-state index in [4.69, 9.17) is 21.8 Å². The van der Waals surface area contributed by atoms with Crippen LogP contribution in [0.4, 0.5) is 5.69 Å². The van der Waals surface area contributed by atoms with Gasteiger partial charge in [0.25, 0.3) is 5.91 Å². The van der Waals surface area contributed by atoms with Crippen LogP contribution in [0.3, 0.4) is 0 Å². The summed E-state index contributed by atoms with van der Waals surface area (Å²) in [5, 5.41) is 0.397. The van der Waals surface area contributed by atoms with E-state index >= 15 is 0 Å². The van der Waals surface area contributed by atoms with E-state index in [0.29, 0.717) is 22.8 Å². The minimum Gasteiger partial charge on any atom is -0.472 e. The third-order valence-corrected chi connectivity index (χ3v) is 2.90. The Morgan fingerprint density at radius 3 is 2.89 bits per heavy atom. The van der Waals surface area contributed by atoms with Gasteiger partial charge in [0, 0.05) is 24.8 Å². The van der Waals surface area contributed by atoms with Crippen molar-refractivity contribution < 1.29 is 9.21 Å². The molecule has 94 valence electrons. The summed E-state index contributed by atoms with van der Waals surface area (Å²) in [5.41, 5.74) is 7.50. The molecule has 0 saturated heterocycles. The monoisotopic (exact) mass is 264 g/mol. The molecule has 1 aromatic carbocycles. The number of nitrogens with two attached hydrogens (primary N) is 1. The fourth-order valence-corrected chi connectivity index (χ4v) is 1.84. The first-order valence-electron chi connectivity index (χ1n) is 5.39. The van der Waals surface area contributed by atoms with E-state index in [0.717, 1.165) is 5.56 Å². The predicted molar refractivity (Wildman–Crippen MR) is 70.4 cm³/mol. The van der Waals surface area contributed by atoms with Gasteiger partial charge in [-0.25, -0.2) is 0 Å². The van der Waals surface area contributed by atoms with Crippen molar-refractivity contribution in [2.24, 2.45) is 0 Å². The van der Waals surface area contributed by atoms with E-state index in [1.165, 1.54) is 0 Å². The molecule has 0 fully saturated rings. The summed E-state index contributed by atoms with van der Waals surface area (Å²) in [6.07, 6.45) is 3.17. The Balaban J connectivity index is 2.17. The summed E-state index contributed by atoms with van der Waals surface area (Å²) in [6.45, 7) is 0.459. The Hall–Kier alpha value is -1.94. The van der Waals surface area contributed by atoms with Crippen molar-refractivity contribution in [1.82, 2.24) is 4.90 Å². The maximum Gasteiger partial charge on any atom is 0.255 e. The first-order chi connectivity index (χ1) is 8.58. The first-order valence-corrected chi connectivity index (χ1v) is 5.77. The van der Waals surface area contributed by atoms with Crippen LogP contribution in [0.25, 0.3) is 0 Å². The molecule has 2 N–H and O–H groups in total. The molecular formula is C13H13ClN2O2. The molecule has 0 unspecified atom stereocenters. The van der Waals surface area contributed by atoms with Gasteiger partial charge in [-0.15, -0.1) is 0 Å². The number of anilines is 1. The van der Waals surface area contributed by atoms with Crippen LogP contribution in [-0.4, -0.2) is 17.9 Å². The highest BCUT2D eigenvalue weighted by Gasteiger charge is 2.16. The third-order valence-electron chi connectivity index (χ3n) is 2.57. The number of amides is 1. The van der Waals surface area contributed by atoms with Crippen molar-refractivity contribution >= 4 is 23.2 Å². The van der Waals surface area contributed by atoms with Crippen LogP contribution in [-0.2, 0) is 6.54 Å². The van der Waals surface area contributed by atoms with E-state index < -0.39 is 0 Å². The van der Waals surface area contributed by atoms with Gasteiger partial charge in [-0.2, -0.15) is 0 Å². The van der Waals surface area contributed by atoms with Gasteiger partial charge < -0.3 is 15.1 Å². The van der Waals surface area contributed by atoms with Crippen LogP contribution in [0.1, 0.15) is 15.9 Å². The number of benzene rings is 1. The summed E-state index contributed by atoms with van der Waals surface area (Å²) in [7, 11) is 1.70. The van der Waals surface area contributed by atoms with E-state index in [2.05, 4.69) is 0 Å². The zero-order valence-corrected chi connectivity index (χ0v) is 10.6. The maximum absolute atomic E-state index is 12.2. The first kappa shape index (κ1) is 12.5. The number of nitrogen functional groups attached to an aromatic ring is 1. The Morgan fingerprint density at radius 1 is 1.44 bits per heavy atom. The van der Waals surface area contributed by atoms with Gasteiger partial charge in [-0.05, 0) is 24.3 Å². The molecule has 1 amide bonds. The lowest BCUT2D eigenvalue weighted by Gasteiger charge is -2.17. The summed E-state index contributed by atoms with van der Waals surface area (Å²) in [6, 6.07) is 6.67. The van der Waals surface area contributed by atoms with Crippen molar-refractivity contribution in [3.05, 3.63) is 52.9 Å². The number of carbonyl (C=O) groups excluding carboxylic acids is 1.